The summed E-state index contributed by atoms with van der Waals surface area (Å²) in [5, 5.41) is 18.5. The summed E-state index contributed by atoms with van der Waals surface area (Å²) in [4.78, 5) is 0. The third-order valence-corrected chi connectivity index (χ3v) is 3.99. The van der Waals surface area contributed by atoms with Gasteiger partial charge in [-0.2, -0.15) is 5.10 Å². The van der Waals surface area contributed by atoms with E-state index in [4.69, 9.17) is 0 Å². The van der Waals surface area contributed by atoms with E-state index in [-0.39, 0.29) is 0 Å². The van der Waals surface area contributed by atoms with Gasteiger partial charge >= 0.3 is 0 Å². The molecule has 2 saturated heterocycles. The van der Waals surface area contributed by atoms with Crippen molar-refractivity contribution in [2.24, 2.45) is 7.05 Å². The van der Waals surface area contributed by atoms with Crippen molar-refractivity contribution >= 4 is 0 Å². The van der Waals surface area contributed by atoms with Crippen molar-refractivity contribution < 1.29 is 5.11 Å². The number of nitrogens with one attached hydrogen (secondary N) is 1. The zero-order valence-electron chi connectivity index (χ0n) is 9.69. The van der Waals surface area contributed by atoms with Crippen molar-refractivity contribution in [2.45, 2.75) is 49.8 Å². The maximum Gasteiger partial charge on any atom is 0.0956 e. The van der Waals surface area contributed by atoms with E-state index in [1.165, 1.54) is 19.3 Å². The number of piperidine rings is 2. The lowest BCUT2D eigenvalue weighted by atomic mass is 9.75. The van der Waals surface area contributed by atoms with Crippen LogP contribution in [0.4, 0.5) is 0 Å². The van der Waals surface area contributed by atoms with Crippen LogP contribution in [-0.4, -0.2) is 27.0 Å². The van der Waals surface area contributed by atoms with Gasteiger partial charge in [0.05, 0.1) is 11.8 Å². The molecular weight excluding hydrogens is 202 g/mol. The molecular formula is C12H19N3O. The normalized spacial score (nSPS) is 38.6. The Morgan fingerprint density at radius 1 is 1.44 bits per heavy atom. The third-order valence-electron chi connectivity index (χ3n) is 3.99. The predicted octanol–water partition coefficient (Wildman–Crippen LogP) is 0.912. The Labute approximate surface area is 95.7 Å². The molecule has 3 heterocycles. The van der Waals surface area contributed by atoms with Gasteiger partial charge in [0.15, 0.2) is 0 Å². The van der Waals surface area contributed by atoms with Crippen LogP contribution in [0.25, 0.3) is 0 Å². The number of aliphatic hydroxyl groups is 1. The van der Waals surface area contributed by atoms with Gasteiger partial charge in [0.25, 0.3) is 0 Å². The molecule has 0 radical (unpaired) electrons. The highest BCUT2D eigenvalue weighted by Gasteiger charge is 2.42. The molecule has 1 aromatic heterocycles. The molecule has 2 aliphatic heterocycles. The second-order valence-corrected chi connectivity index (χ2v) is 5.33. The summed E-state index contributed by atoms with van der Waals surface area (Å²) in [5.74, 6) is 0. The molecule has 2 N–H and O–H groups in total. The van der Waals surface area contributed by atoms with Gasteiger partial charge in [-0.25, -0.2) is 0 Å². The minimum absolute atomic E-state index is 0.484. The fraction of sp³-hybridized carbons (Fsp3) is 0.750. The predicted molar refractivity (Wildman–Crippen MR) is 60.9 cm³/mol. The minimum Gasteiger partial charge on any atom is -0.385 e. The molecule has 0 amide bonds. The summed E-state index contributed by atoms with van der Waals surface area (Å²) in [7, 11) is 1.90. The Balaban J connectivity index is 1.87. The van der Waals surface area contributed by atoms with Crippen LogP contribution in [0.15, 0.2) is 12.4 Å². The molecule has 2 atom stereocenters. The van der Waals surface area contributed by atoms with Gasteiger partial charge in [0.2, 0.25) is 0 Å². The molecule has 2 aliphatic rings. The van der Waals surface area contributed by atoms with Crippen LogP contribution in [-0.2, 0) is 12.6 Å². The van der Waals surface area contributed by atoms with Gasteiger partial charge in [0, 0.05) is 30.9 Å². The lowest BCUT2D eigenvalue weighted by Gasteiger charge is -2.45. The van der Waals surface area contributed by atoms with E-state index in [9.17, 15) is 5.11 Å². The first-order chi connectivity index (χ1) is 7.66. The lowest BCUT2D eigenvalue weighted by molar-refractivity contribution is -0.0359. The topological polar surface area (TPSA) is 50.1 Å². The van der Waals surface area contributed by atoms with E-state index in [1.807, 2.05) is 13.2 Å². The van der Waals surface area contributed by atoms with Gasteiger partial charge in [-0.15, -0.1) is 0 Å². The van der Waals surface area contributed by atoms with E-state index in [2.05, 4.69) is 10.4 Å². The van der Waals surface area contributed by atoms with Crippen LogP contribution >= 0.6 is 0 Å². The lowest BCUT2D eigenvalue weighted by Crippen LogP contribution is -2.54. The average molecular weight is 221 g/mol. The van der Waals surface area contributed by atoms with Crippen LogP contribution in [0, 0.1) is 0 Å². The molecule has 16 heavy (non-hydrogen) atoms. The van der Waals surface area contributed by atoms with E-state index >= 15 is 0 Å². The highest BCUT2D eigenvalue weighted by Crippen LogP contribution is 2.39. The van der Waals surface area contributed by atoms with Crippen molar-refractivity contribution in [1.29, 1.82) is 0 Å². The first-order valence-electron chi connectivity index (χ1n) is 6.13. The van der Waals surface area contributed by atoms with E-state index in [0.29, 0.717) is 12.1 Å². The second-order valence-electron chi connectivity index (χ2n) is 5.33. The number of aryl methyl sites for hydroxylation is 1. The van der Waals surface area contributed by atoms with Gasteiger partial charge < -0.3 is 10.4 Å². The SMILES string of the molecule is Cn1cc(C2(O)CC3CCCC(C2)N3)cn1. The number of nitrogens with zero attached hydrogens (tertiary/aromatic N) is 2. The summed E-state index contributed by atoms with van der Waals surface area (Å²) in [6.07, 6.45) is 9.09. The quantitative estimate of drug-likeness (QED) is 0.741. The first kappa shape index (κ1) is 10.3. The molecule has 4 heteroatoms. The largest absolute Gasteiger partial charge is 0.385 e. The van der Waals surface area contributed by atoms with E-state index in [1.54, 1.807) is 10.9 Å². The van der Waals surface area contributed by atoms with Crippen LogP contribution in [0.2, 0.25) is 0 Å². The van der Waals surface area contributed by atoms with Crippen molar-refractivity contribution in [3.63, 3.8) is 0 Å². The third kappa shape index (κ3) is 1.66. The monoisotopic (exact) mass is 221 g/mol. The molecule has 4 nitrogen and oxygen atoms in total. The van der Waals surface area contributed by atoms with Crippen molar-refractivity contribution in [2.75, 3.05) is 0 Å². The van der Waals surface area contributed by atoms with Crippen LogP contribution in [0.3, 0.4) is 0 Å². The van der Waals surface area contributed by atoms with Crippen molar-refractivity contribution in [3.8, 4) is 0 Å². The molecule has 3 rings (SSSR count). The molecule has 1 aromatic rings. The van der Waals surface area contributed by atoms with Crippen LogP contribution in [0.1, 0.15) is 37.7 Å². The summed E-state index contributed by atoms with van der Waals surface area (Å²) in [5.41, 5.74) is 0.323. The Morgan fingerprint density at radius 2 is 2.12 bits per heavy atom. The molecule has 0 saturated carbocycles. The Morgan fingerprint density at radius 3 is 2.69 bits per heavy atom. The molecule has 2 fully saturated rings. The number of fused-ring (bicyclic) bond motifs is 2. The highest BCUT2D eigenvalue weighted by molar-refractivity contribution is 5.18. The molecule has 0 aliphatic carbocycles. The fourth-order valence-electron chi connectivity index (χ4n) is 3.23. The van der Waals surface area contributed by atoms with Crippen molar-refractivity contribution in [1.82, 2.24) is 15.1 Å². The Bertz CT molecular complexity index is 375. The number of aromatic nitrogens is 2. The molecule has 0 spiro atoms. The number of hydrogen-bond acceptors (Lipinski definition) is 3. The summed E-state index contributed by atoms with van der Waals surface area (Å²) < 4.78 is 1.77. The van der Waals surface area contributed by atoms with Gasteiger partial charge in [0.1, 0.15) is 0 Å². The molecule has 88 valence electrons. The highest BCUT2D eigenvalue weighted by atomic mass is 16.3. The molecule has 2 bridgehead atoms. The van der Waals surface area contributed by atoms with E-state index in [0.717, 1.165) is 18.4 Å². The first-order valence-corrected chi connectivity index (χ1v) is 6.13. The second kappa shape index (κ2) is 3.57. The molecule has 2 unspecified atom stereocenters. The Hall–Kier alpha value is -0.870. The van der Waals surface area contributed by atoms with E-state index < -0.39 is 5.60 Å². The summed E-state index contributed by atoms with van der Waals surface area (Å²) in [6.45, 7) is 0. The van der Waals surface area contributed by atoms with Crippen LogP contribution in [0.5, 0.6) is 0 Å². The smallest absolute Gasteiger partial charge is 0.0956 e. The molecule has 0 aromatic carbocycles. The van der Waals surface area contributed by atoms with Gasteiger partial charge in [-0.1, -0.05) is 6.42 Å². The van der Waals surface area contributed by atoms with Gasteiger partial charge in [-0.3, -0.25) is 4.68 Å². The number of rotatable bonds is 1. The maximum atomic E-state index is 10.8. The zero-order chi connectivity index (χ0) is 11.2. The fourth-order valence-corrected chi connectivity index (χ4v) is 3.23. The maximum absolute atomic E-state index is 10.8. The summed E-state index contributed by atoms with van der Waals surface area (Å²) >= 11 is 0. The summed E-state index contributed by atoms with van der Waals surface area (Å²) in [6, 6.07) is 0.968. The van der Waals surface area contributed by atoms with Gasteiger partial charge in [-0.05, 0) is 25.7 Å². The average Bonchev–Trinajstić information content (AvgIpc) is 2.64. The zero-order valence-corrected chi connectivity index (χ0v) is 9.69. The van der Waals surface area contributed by atoms with Crippen molar-refractivity contribution in [3.05, 3.63) is 18.0 Å². The minimum atomic E-state index is -0.657. The van der Waals surface area contributed by atoms with Crippen LogP contribution < -0.4 is 5.32 Å². The standard InChI is InChI=1S/C12H19N3O/c1-15-8-9(7-13-15)12(16)5-10-3-2-4-11(6-12)14-10/h7-8,10-11,14,16H,2-6H2,1H3. The Kier molecular flexibility index (Phi) is 2.30. The number of hydrogen-bond donors (Lipinski definition) is 2.